The van der Waals surface area contributed by atoms with Crippen LogP contribution in [-0.4, -0.2) is 14.5 Å². The highest BCUT2D eigenvalue weighted by Gasteiger charge is 2.09. The van der Waals surface area contributed by atoms with Crippen molar-refractivity contribution in [2.45, 2.75) is 19.9 Å². The number of hydrogen-bond acceptors (Lipinski definition) is 2. The first kappa shape index (κ1) is 8.80. The molecule has 0 aliphatic rings. The molecular weight excluding hydrogens is 182 g/mol. The molecule has 2 N–H and O–H groups in total. The van der Waals surface area contributed by atoms with Gasteiger partial charge in [0.2, 0.25) is 5.56 Å². The normalized spacial score (nSPS) is 11.4. The van der Waals surface area contributed by atoms with Crippen molar-refractivity contribution >= 4 is 11.0 Å². The fraction of sp³-hybridized carbons (Fsp3) is 0.333. The van der Waals surface area contributed by atoms with E-state index >= 15 is 0 Å². The zero-order chi connectivity index (χ0) is 10.3. The van der Waals surface area contributed by atoms with Gasteiger partial charge in [0.1, 0.15) is 0 Å². The Balaban J connectivity index is 2.93. The van der Waals surface area contributed by atoms with Gasteiger partial charge in [-0.3, -0.25) is 9.36 Å². The van der Waals surface area contributed by atoms with Gasteiger partial charge < -0.3 is 9.97 Å². The number of hydrogen-bond donors (Lipinski definition) is 2. The van der Waals surface area contributed by atoms with Crippen LogP contribution in [0.5, 0.6) is 0 Å². The minimum atomic E-state index is -0.203. The minimum Gasteiger partial charge on any atom is -0.327 e. The van der Waals surface area contributed by atoms with Gasteiger partial charge in [-0.05, 0) is 13.8 Å². The Labute approximate surface area is 79.4 Å². The largest absolute Gasteiger partial charge is 0.327 e. The van der Waals surface area contributed by atoms with Gasteiger partial charge in [-0.1, -0.05) is 0 Å². The molecule has 0 bridgehead atoms. The molecule has 0 saturated heterocycles. The number of aromatic nitrogens is 3. The topological polar surface area (TPSA) is 70.7 Å². The van der Waals surface area contributed by atoms with E-state index < -0.39 is 0 Å². The Morgan fingerprint density at radius 3 is 2.71 bits per heavy atom. The highest BCUT2D eigenvalue weighted by molar-refractivity contribution is 5.73. The number of H-pyrrole nitrogens is 2. The molecule has 0 aromatic carbocycles. The third kappa shape index (κ3) is 1.17. The summed E-state index contributed by atoms with van der Waals surface area (Å²) in [5.41, 5.74) is 0.914. The third-order valence-electron chi connectivity index (χ3n) is 2.14. The van der Waals surface area contributed by atoms with E-state index in [1.54, 1.807) is 4.57 Å². The molecule has 2 heterocycles. The van der Waals surface area contributed by atoms with Crippen molar-refractivity contribution in [2.24, 2.45) is 0 Å². The van der Waals surface area contributed by atoms with Gasteiger partial charge >= 0.3 is 5.69 Å². The third-order valence-corrected chi connectivity index (χ3v) is 2.14. The lowest BCUT2D eigenvalue weighted by Gasteiger charge is -2.05. The predicted molar refractivity (Wildman–Crippen MR) is 53.6 cm³/mol. The van der Waals surface area contributed by atoms with E-state index in [9.17, 15) is 9.59 Å². The molecule has 0 aliphatic carbocycles. The van der Waals surface area contributed by atoms with Crippen molar-refractivity contribution in [3.05, 3.63) is 33.1 Å². The maximum atomic E-state index is 11.5. The summed E-state index contributed by atoms with van der Waals surface area (Å²) in [4.78, 5) is 27.8. The molecule has 2 rings (SSSR count). The first-order valence-electron chi connectivity index (χ1n) is 4.42. The first-order valence-corrected chi connectivity index (χ1v) is 4.42. The Morgan fingerprint density at radius 1 is 1.36 bits per heavy atom. The maximum Gasteiger partial charge on any atom is 0.326 e. The molecule has 0 spiro atoms. The van der Waals surface area contributed by atoms with Crippen molar-refractivity contribution in [1.29, 1.82) is 0 Å². The molecule has 0 amide bonds. The molecule has 2 aromatic heterocycles. The Bertz CT molecular complexity index is 573. The Morgan fingerprint density at radius 2 is 2.07 bits per heavy atom. The molecule has 0 aliphatic heterocycles. The standard InChI is InChI=1S/C9H11N3O2/c1-5(2)12-7-3-8(13)10-4-6(7)11-9(12)14/h3-5H,1-2H3,(H,10,13)(H,11,14). The van der Waals surface area contributed by atoms with E-state index in [0.717, 1.165) is 0 Å². The minimum absolute atomic E-state index is 0.0399. The summed E-state index contributed by atoms with van der Waals surface area (Å²) >= 11 is 0. The molecule has 0 unspecified atom stereocenters. The zero-order valence-corrected chi connectivity index (χ0v) is 8.00. The Kier molecular flexibility index (Phi) is 1.80. The lowest BCUT2D eigenvalue weighted by Crippen LogP contribution is -2.18. The van der Waals surface area contributed by atoms with Gasteiger partial charge in [-0.25, -0.2) is 4.79 Å². The second-order valence-electron chi connectivity index (χ2n) is 3.49. The van der Waals surface area contributed by atoms with Crippen LogP contribution >= 0.6 is 0 Å². The lowest BCUT2D eigenvalue weighted by molar-refractivity contribution is 0.597. The van der Waals surface area contributed by atoms with Crippen LogP contribution in [0.3, 0.4) is 0 Å². The highest BCUT2D eigenvalue weighted by atomic mass is 16.1. The van der Waals surface area contributed by atoms with Gasteiger partial charge in [0.25, 0.3) is 0 Å². The van der Waals surface area contributed by atoms with Crippen molar-refractivity contribution < 1.29 is 0 Å². The molecule has 74 valence electrons. The number of aromatic amines is 2. The number of fused-ring (bicyclic) bond motifs is 1. The van der Waals surface area contributed by atoms with Crippen molar-refractivity contribution in [2.75, 3.05) is 0 Å². The van der Waals surface area contributed by atoms with Crippen LogP contribution in [0.15, 0.2) is 21.9 Å². The summed E-state index contributed by atoms with van der Waals surface area (Å²) in [6.07, 6.45) is 1.51. The van der Waals surface area contributed by atoms with Crippen LogP contribution in [-0.2, 0) is 0 Å². The van der Waals surface area contributed by atoms with E-state index in [1.165, 1.54) is 12.3 Å². The number of pyridine rings is 1. The van der Waals surface area contributed by atoms with E-state index in [1.807, 2.05) is 13.8 Å². The summed E-state index contributed by atoms with van der Waals surface area (Å²) in [5, 5.41) is 0. The van der Waals surface area contributed by atoms with Crippen molar-refractivity contribution in [1.82, 2.24) is 14.5 Å². The summed E-state index contributed by atoms with van der Waals surface area (Å²) in [5.74, 6) is 0. The van der Waals surface area contributed by atoms with Crippen molar-refractivity contribution in [3.63, 3.8) is 0 Å². The van der Waals surface area contributed by atoms with E-state index in [0.29, 0.717) is 11.0 Å². The van der Waals surface area contributed by atoms with Crippen LogP contribution in [0.4, 0.5) is 0 Å². The smallest absolute Gasteiger partial charge is 0.326 e. The van der Waals surface area contributed by atoms with Gasteiger partial charge in [0.15, 0.2) is 0 Å². The SMILES string of the molecule is CC(C)n1c(=O)[nH]c2c[nH]c(=O)cc21. The maximum absolute atomic E-state index is 11.5. The van der Waals surface area contributed by atoms with Gasteiger partial charge in [0.05, 0.1) is 11.0 Å². The van der Waals surface area contributed by atoms with Crippen molar-refractivity contribution in [3.8, 4) is 0 Å². The molecule has 2 aromatic rings. The summed E-state index contributed by atoms with van der Waals surface area (Å²) < 4.78 is 1.56. The second-order valence-corrected chi connectivity index (χ2v) is 3.49. The zero-order valence-electron chi connectivity index (χ0n) is 8.00. The van der Waals surface area contributed by atoms with Crippen LogP contribution in [0.25, 0.3) is 11.0 Å². The fourth-order valence-electron chi connectivity index (χ4n) is 1.56. The number of nitrogens with one attached hydrogen (secondary N) is 2. The molecule has 5 nitrogen and oxygen atoms in total. The molecular formula is C9H11N3O2. The molecule has 0 atom stereocenters. The number of rotatable bonds is 1. The summed E-state index contributed by atoms with van der Waals surface area (Å²) in [6, 6.07) is 1.46. The predicted octanol–water partition coefficient (Wildman–Crippen LogP) is 0.599. The van der Waals surface area contributed by atoms with Gasteiger partial charge in [-0.2, -0.15) is 0 Å². The van der Waals surface area contributed by atoms with E-state index in [-0.39, 0.29) is 17.3 Å². The monoisotopic (exact) mass is 193 g/mol. The molecule has 0 radical (unpaired) electrons. The second kappa shape index (κ2) is 2.87. The van der Waals surface area contributed by atoms with E-state index in [2.05, 4.69) is 9.97 Å². The molecule has 0 fully saturated rings. The van der Waals surface area contributed by atoms with Gasteiger partial charge in [-0.15, -0.1) is 0 Å². The quantitative estimate of drug-likeness (QED) is 0.696. The number of imidazole rings is 1. The van der Waals surface area contributed by atoms with Crippen LogP contribution < -0.4 is 11.2 Å². The van der Waals surface area contributed by atoms with Crippen LogP contribution in [0, 0.1) is 0 Å². The molecule has 0 saturated carbocycles. The average Bonchev–Trinajstić information content (AvgIpc) is 2.40. The van der Waals surface area contributed by atoms with E-state index in [4.69, 9.17) is 0 Å². The first-order chi connectivity index (χ1) is 6.59. The van der Waals surface area contributed by atoms with Gasteiger partial charge in [0, 0.05) is 18.3 Å². The average molecular weight is 193 g/mol. The molecule has 14 heavy (non-hydrogen) atoms. The number of nitrogens with zero attached hydrogens (tertiary/aromatic N) is 1. The lowest BCUT2D eigenvalue weighted by atomic mass is 10.3. The highest BCUT2D eigenvalue weighted by Crippen LogP contribution is 2.10. The fourth-order valence-corrected chi connectivity index (χ4v) is 1.56. The molecule has 5 heteroatoms. The van der Waals surface area contributed by atoms with Crippen LogP contribution in [0.1, 0.15) is 19.9 Å². The Hall–Kier alpha value is -1.78. The summed E-state index contributed by atoms with van der Waals surface area (Å²) in [7, 11) is 0. The van der Waals surface area contributed by atoms with Crippen LogP contribution in [0.2, 0.25) is 0 Å². The summed E-state index contributed by atoms with van der Waals surface area (Å²) in [6.45, 7) is 3.80.